The molecule has 0 saturated carbocycles. The van der Waals surface area contributed by atoms with Crippen LogP contribution >= 0.6 is 0 Å². The van der Waals surface area contributed by atoms with Crippen molar-refractivity contribution in [2.45, 2.75) is 13.5 Å². The zero-order valence-electron chi connectivity index (χ0n) is 15.8. The number of aryl methyl sites for hydroxylation is 1. The highest BCUT2D eigenvalue weighted by Gasteiger charge is 2.17. The van der Waals surface area contributed by atoms with Gasteiger partial charge in [0.25, 0.3) is 17.0 Å². The number of benzene rings is 1. The number of H-pyrrole nitrogens is 1. The highest BCUT2D eigenvalue weighted by atomic mass is 19.1. The zero-order chi connectivity index (χ0) is 21.3. The first-order valence-corrected chi connectivity index (χ1v) is 9.03. The minimum absolute atomic E-state index is 0.0548. The highest BCUT2D eigenvalue weighted by Crippen LogP contribution is 2.14. The molecule has 0 bridgehead atoms. The van der Waals surface area contributed by atoms with Crippen molar-refractivity contribution < 1.29 is 9.18 Å². The average molecular weight is 405 g/mol. The third-order valence-electron chi connectivity index (χ3n) is 4.45. The van der Waals surface area contributed by atoms with Crippen molar-refractivity contribution in [3.63, 3.8) is 0 Å². The van der Waals surface area contributed by atoms with Gasteiger partial charge < -0.3 is 0 Å². The van der Waals surface area contributed by atoms with Gasteiger partial charge in [0.1, 0.15) is 17.0 Å². The fourth-order valence-corrected chi connectivity index (χ4v) is 3.10. The number of pyridine rings is 2. The summed E-state index contributed by atoms with van der Waals surface area (Å²) in [6.07, 6.45) is 1.55. The van der Waals surface area contributed by atoms with Gasteiger partial charge in [-0.05, 0) is 42.8 Å². The van der Waals surface area contributed by atoms with E-state index >= 15 is 0 Å². The van der Waals surface area contributed by atoms with Crippen molar-refractivity contribution in [3.8, 4) is 0 Å². The van der Waals surface area contributed by atoms with E-state index in [4.69, 9.17) is 0 Å². The molecule has 0 atom stereocenters. The lowest BCUT2D eigenvalue weighted by Crippen LogP contribution is -2.31. The monoisotopic (exact) mass is 405 g/mol. The number of halogens is 1. The highest BCUT2D eigenvalue weighted by molar-refractivity contribution is 6.04. The number of hydrogen-bond acceptors (Lipinski definition) is 5. The lowest BCUT2D eigenvalue weighted by molar-refractivity contribution is 0.102. The summed E-state index contributed by atoms with van der Waals surface area (Å²) in [6, 6.07) is 11.9. The summed E-state index contributed by atoms with van der Waals surface area (Å²) in [6.45, 7) is 1.72. The van der Waals surface area contributed by atoms with Gasteiger partial charge in [0, 0.05) is 23.3 Å². The van der Waals surface area contributed by atoms with Crippen LogP contribution in [-0.4, -0.2) is 25.4 Å². The number of nitrogens with one attached hydrogen (secondary N) is 2. The van der Waals surface area contributed by atoms with E-state index in [-0.39, 0.29) is 23.9 Å². The Morgan fingerprint density at radius 2 is 1.93 bits per heavy atom. The van der Waals surface area contributed by atoms with Crippen molar-refractivity contribution >= 4 is 22.9 Å². The van der Waals surface area contributed by atoms with Crippen LogP contribution < -0.4 is 16.4 Å². The number of carbonyl (C=O) groups excluding carboxylic acids is 1. The number of aromatic amines is 1. The first-order valence-electron chi connectivity index (χ1n) is 9.03. The predicted octanol–water partition coefficient (Wildman–Crippen LogP) is 2.23. The first kappa shape index (κ1) is 19.2. The van der Waals surface area contributed by atoms with E-state index in [9.17, 15) is 18.8 Å². The van der Waals surface area contributed by atoms with Crippen molar-refractivity contribution in [1.29, 1.82) is 0 Å². The largest absolute Gasteiger partial charge is 0.292 e. The van der Waals surface area contributed by atoms with E-state index in [1.54, 1.807) is 37.4 Å². The van der Waals surface area contributed by atoms with Gasteiger partial charge in [0.15, 0.2) is 0 Å². The fourth-order valence-electron chi connectivity index (χ4n) is 3.10. The van der Waals surface area contributed by atoms with Gasteiger partial charge in [-0.3, -0.25) is 29.3 Å². The van der Waals surface area contributed by atoms with Crippen LogP contribution in [0.3, 0.4) is 0 Å². The average Bonchev–Trinajstić information content (AvgIpc) is 2.70. The molecule has 4 rings (SSSR count). The molecular formula is C21H16FN5O3. The van der Waals surface area contributed by atoms with E-state index in [2.05, 4.69) is 20.3 Å². The van der Waals surface area contributed by atoms with Gasteiger partial charge in [0.2, 0.25) is 5.95 Å². The topological polar surface area (TPSA) is 110 Å². The van der Waals surface area contributed by atoms with E-state index in [0.29, 0.717) is 22.3 Å². The lowest BCUT2D eigenvalue weighted by atomic mass is 10.1. The Morgan fingerprint density at radius 1 is 1.17 bits per heavy atom. The summed E-state index contributed by atoms with van der Waals surface area (Å²) in [5.41, 5.74) is 0.359. The molecular weight excluding hydrogens is 389 g/mol. The molecule has 3 aromatic heterocycles. The Morgan fingerprint density at radius 3 is 2.67 bits per heavy atom. The molecule has 0 spiro atoms. The van der Waals surface area contributed by atoms with Gasteiger partial charge in [-0.15, -0.1) is 0 Å². The number of anilines is 1. The van der Waals surface area contributed by atoms with Crippen LogP contribution in [0.4, 0.5) is 10.3 Å². The van der Waals surface area contributed by atoms with Gasteiger partial charge >= 0.3 is 0 Å². The summed E-state index contributed by atoms with van der Waals surface area (Å²) in [5, 5.41) is 3.03. The summed E-state index contributed by atoms with van der Waals surface area (Å²) in [4.78, 5) is 48.2. The van der Waals surface area contributed by atoms with Crippen LogP contribution in [0.1, 0.15) is 21.6 Å². The van der Waals surface area contributed by atoms with Gasteiger partial charge in [-0.1, -0.05) is 12.1 Å². The first-order chi connectivity index (χ1) is 14.4. The molecule has 30 heavy (non-hydrogen) atoms. The van der Waals surface area contributed by atoms with Crippen molar-refractivity contribution in [2.75, 3.05) is 5.32 Å². The number of nitrogens with zero attached hydrogens (tertiary/aromatic N) is 3. The Labute approximate surface area is 169 Å². The third kappa shape index (κ3) is 3.86. The molecule has 1 amide bonds. The number of amides is 1. The molecule has 0 radical (unpaired) electrons. The molecule has 0 fully saturated rings. The minimum atomic E-state index is -0.715. The number of fused-ring (bicyclic) bond motifs is 1. The molecule has 3 heterocycles. The van der Waals surface area contributed by atoms with E-state index < -0.39 is 17.0 Å². The molecule has 0 saturated heterocycles. The van der Waals surface area contributed by atoms with Crippen LogP contribution in [0.2, 0.25) is 0 Å². The quantitative estimate of drug-likeness (QED) is 0.541. The summed E-state index contributed by atoms with van der Waals surface area (Å²) < 4.78 is 14.6. The van der Waals surface area contributed by atoms with Gasteiger partial charge in [-0.25, -0.2) is 14.4 Å². The molecule has 0 unspecified atom stereocenters. The normalized spacial score (nSPS) is 10.9. The van der Waals surface area contributed by atoms with Crippen molar-refractivity contribution in [2.24, 2.45) is 0 Å². The number of hydrogen-bond donors (Lipinski definition) is 2. The molecule has 0 aliphatic heterocycles. The van der Waals surface area contributed by atoms with Crippen molar-refractivity contribution in [3.05, 3.63) is 98.1 Å². The summed E-state index contributed by atoms with van der Waals surface area (Å²) in [7, 11) is 0. The molecule has 0 aliphatic carbocycles. The van der Waals surface area contributed by atoms with Crippen LogP contribution in [0.25, 0.3) is 11.0 Å². The summed E-state index contributed by atoms with van der Waals surface area (Å²) >= 11 is 0. The SMILES string of the molecule is Cc1cc(=O)[nH]c(NC(=O)c2cc3cccnc3n(Cc3ccc(F)cc3)c2=O)n1. The van der Waals surface area contributed by atoms with Crippen LogP contribution in [0.15, 0.2) is 64.3 Å². The second-order valence-corrected chi connectivity index (χ2v) is 6.68. The standard InChI is InChI=1S/C21H16FN5O3/c1-12-9-17(28)25-21(24-12)26-19(29)16-10-14-3-2-8-23-18(14)27(20(16)30)11-13-4-6-15(22)7-5-13/h2-10H,11H2,1H3,(H2,24,25,26,28,29). The van der Waals surface area contributed by atoms with Crippen LogP contribution in [0, 0.1) is 12.7 Å². The second kappa shape index (κ2) is 7.70. The Hall–Kier alpha value is -4.14. The molecule has 0 aliphatic rings. The number of rotatable bonds is 4. The molecule has 9 heteroatoms. The predicted molar refractivity (Wildman–Crippen MR) is 109 cm³/mol. The third-order valence-corrected chi connectivity index (χ3v) is 4.45. The maximum absolute atomic E-state index is 13.2. The maximum Gasteiger partial charge on any atom is 0.265 e. The molecule has 2 N–H and O–H groups in total. The lowest BCUT2D eigenvalue weighted by Gasteiger charge is -2.12. The maximum atomic E-state index is 13.2. The Kier molecular flexibility index (Phi) is 4.93. The van der Waals surface area contributed by atoms with Gasteiger partial charge in [0.05, 0.1) is 6.54 Å². The number of carbonyl (C=O) groups is 1. The molecule has 4 aromatic rings. The second-order valence-electron chi connectivity index (χ2n) is 6.68. The van der Waals surface area contributed by atoms with E-state index in [1.807, 2.05) is 0 Å². The Balaban J connectivity index is 1.79. The molecule has 8 nitrogen and oxygen atoms in total. The minimum Gasteiger partial charge on any atom is -0.292 e. The summed E-state index contributed by atoms with van der Waals surface area (Å²) in [5.74, 6) is -1.16. The Bertz CT molecular complexity index is 1380. The van der Waals surface area contributed by atoms with Gasteiger partial charge in [-0.2, -0.15) is 0 Å². The molecule has 150 valence electrons. The van der Waals surface area contributed by atoms with Crippen molar-refractivity contribution in [1.82, 2.24) is 19.5 Å². The van der Waals surface area contributed by atoms with Crippen LogP contribution in [-0.2, 0) is 6.54 Å². The van der Waals surface area contributed by atoms with E-state index in [1.165, 1.54) is 28.8 Å². The zero-order valence-corrected chi connectivity index (χ0v) is 15.8. The number of aromatic nitrogens is 4. The molecule has 1 aromatic carbocycles. The smallest absolute Gasteiger partial charge is 0.265 e. The van der Waals surface area contributed by atoms with E-state index in [0.717, 1.165) is 0 Å². The van der Waals surface area contributed by atoms with Crippen LogP contribution in [0.5, 0.6) is 0 Å². The fraction of sp³-hybridized carbons (Fsp3) is 0.0952.